The van der Waals surface area contributed by atoms with Crippen LogP contribution < -0.4 is 5.32 Å². The summed E-state index contributed by atoms with van der Waals surface area (Å²) >= 11 is 0. The van der Waals surface area contributed by atoms with E-state index < -0.39 is 10.3 Å². The van der Waals surface area contributed by atoms with E-state index in [-0.39, 0.29) is 18.0 Å². The summed E-state index contributed by atoms with van der Waals surface area (Å²) in [6.45, 7) is 3.43. The van der Waals surface area contributed by atoms with E-state index in [9.17, 15) is 13.2 Å². The maximum Gasteiger partial charge on any atom is 0.396 e. The lowest BCUT2D eigenvalue weighted by Gasteiger charge is -2.03. The van der Waals surface area contributed by atoms with Gasteiger partial charge in [0.2, 0.25) is 5.91 Å². The molecule has 0 saturated heterocycles. The summed E-state index contributed by atoms with van der Waals surface area (Å²) in [7, 11) is -4.51. The molecule has 8 heteroatoms. The standard InChI is InChI=1S/C10H11N3O4S/c1-2-4-10(14)11-8-5-3-6-9(7-8)12-13-18(15,16)17/h2-3,5-7H,1,4H2,(H,11,14)(H,15,16,17)/b13-12-. The molecule has 1 aromatic carbocycles. The predicted octanol–water partition coefficient (Wildman–Crippen LogP) is 2.09. The highest BCUT2D eigenvalue weighted by Crippen LogP contribution is 2.18. The lowest BCUT2D eigenvalue weighted by Crippen LogP contribution is -2.09. The number of anilines is 1. The zero-order valence-electron chi connectivity index (χ0n) is 9.28. The van der Waals surface area contributed by atoms with E-state index in [1.807, 2.05) is 0 Å². The molecule has 0 unspecified atom stereocenters. The first-order valence-corrected chi connectivity index (χ1v) is 6.21. The van der Waals surface area contributed by atoms with Gasteiger partial charge in [-0.2, -0.15) is 8.42 Å². The summed E-state index contributed by atoms with van der Waals surface area (Å²) in [5.74, 6) is -0.256. The van der Waals surface area contributed by atoms with Crippen LogP contribution in [0.3, 0.4) is 0 Å². The van der Waals surface area contributed by atoms with Crippen molar-refractivity contribution in [2.75, 3.05) is 5.32 Å². The summed E-state index contributed by atoms with van der Waals surface area (Å²) in [5.41, 5.74) is 0.623. The summed E-state index contributed by atoms with van der Waals surface area (Å²) < 4.78 is 31.8. The van der Waals surface area contributed by atoms with Gasteiger partial charge in [0.05, 0.1) is 5.69 Å². The highest BCUT2D eigenvalue weighted by Gasteiger charge is 2.02. The highest BCUT2D eigenvalue weighted by atomic mass is 32.2. The molecular formula is C10H11N3O4S. The van der Waals surface area contributed by atoms with Crippen LogP contribution in [0.4, 0.5) is 11.4 Å². The Morgan fingerprint density at radius 2 is 2.22 bits per heavy atom. The molecule has 0 radical (unpaired) electrons. The van der Waals surface area contributed by atoms with Gasteiger partial charge in [0.25, 0.3) is 0 Å². The molecule has 0 bridgehead atoms. The van der Waals surface area contributed by atoms with Crippen LogP contribution in [-0.2, 0) is 15.1 Å². The topological polar surface area (TPSA) is 108 Å². The maximum absolute atomic E-state index is 11.3. The van der Waals surface area contributed by atoms with Crippen LogP contribution >= 0.6 is 0 Å². The van der Waals surface area contributed by atoms with Gasteiger partial charge in [-0.3, -0.25) is 9.35 Å². The lowest BCUT2D eigenvalue weighted by molar-refractivity contribution is -0.115. The van der Waals surface area contributed by atoms with Crippen LogP contribution in [0, 0.1) is 0 Å². The number of nitrogens with zero attached hydrogens (tertiary/aromatic N) is 2. The first-order valence-electron chi connectivity index (χ1n) is 4.82. The fraction of sp³-hybridized carbons (Fsp3) is 0.100. The van der Waals surface area contributed by atoms with E-state index in [4.69, 9.17) is 4.55 Å². The van der Waals surface area contributed by atoms with E-state index in [2.05, 4.69) is 21.5 Å². The van der Waals surface area contributed by atoms with Crippen molar-refractivity contribution in [3.8, 4) is 0 Å². The molecule has 1 aromatic rings. The van der Waals surface area contributed by atoms with E-state index in [1.165, 1.54) is 18.2 Å². The third-order valence-corrected chi connectivity index (χ3v) is 2.01. The highest BCUT2D eigenvalue weighted by molar-refractivity contribution is 7.84. The van der Waals surface area contributed by atoms with Gasteiger partial charge in [-0.25, -0.2) is 0 Å². The van der Waals surface area contributed by atoms with Crippen molar-refractivity contribution >= 4 is 27.6 Å². The number of carbonyl (C=O) groups is 1. The monoisotopic (exact) mass is 269 g/mol. The molecule has 0 aliphatic heterocycles. The van der Waals surface area contributed by atoms with Crippen molar-refractivity contribution in [2.45, 2.75) is 6.42 Å². The second kappa shape index (κ2) is 6.03. The largest absolute Gasteiger partial charge is 0.396 e. The smallest absolute Gasteiger partial charge is 0.326 e. The Balaban J connectivity index is 2.83. The summed E-state index contributed by atoms with van der Waals surface area (Å²) in [5, 5.41) is 5.86. The Morgan fingerprint density at radius 3 is 2.83 bits per heavy atom. The molecule has 0 aromatic heterocycles. The van der Waals surface area contributed by atoms with Crippen molar-refractivity contribution in [3.63, 3.8) is 0 Å². The van der Waals surface area contributed by atoms with E-state index in [0.717, 1.165) is 0 Å². The Bertz CT molecular complexity index is 581. The lowest BCUT2D eigenvalue weighted by atomic mass is 10.2. The summed E-state index contributed by atoms with van der Waals surface area (Å²) in [6.07, 6.45) is 1.62. The first kappa shape index (κ1) is 14.0. The van der Waals surface area contributed by atoms with Gasteiger partial charge >= 0.3 is 10.3 Å². The minimum absolute atomic E-state index is 0.163. The molecule has 7 nitrogen and oxygen atoms in total. The number of amides is 1. The third-order valence-electron chi connectivity index (χ3n) is 1.72. The molecule has 0 aliphatic carbocycles. The maximum atomic E-state index is 11.3. The van der Waals surface area contributed by atoms with Gasteiger partial charge in [0.15, 0.2) is 0 Å². The van der Waals surface area contributed by atoms with Crippen LogP contribution in [-0.4, -0.2) is 18.9 Å². The molecule has 0 fully saturated rings. The minimum Gasteiger partial charge on any atom is -0.326 e. The van der Waals surface area contributed by atoms with Gasteiger partial charge in [0, 0.05) is 12.1 Å². The van der Waals surface area contributed by atoms with Gasteiger partial charge < -0.3 is 5.32 Å². The number of hydrogen-bond donors (Lipinski definition) is 2. The summed E-state index contributed by atoms with van der Waals surface area (Å²) in [6, 6.07) is 6.04. The molecule has 1 rings (SSSR count). The normalized spacial score (nSPS) is 11.4. The van der Waals surface area contributed by atoms with Gasteiger partial charge in [0.1, 0.15) is 0 Å². The number of nitrogens with one attached hydrogen (secondary N) is 1. The van der Waals surface area contributed by atoms with Gasteiger partial charge in [-0.05, 0) is 22.7 Å². The van der Waals surface area contributed by atoms with Crippen molar-refractivity contribution in [3.05, 3.63) is 36.9 Å². The van der Waals surface area contributed by atoms with Gasteiger partial charge in [-0.15, -0.1) is 11.7 Å². The molecule has 1 amide bonds. The number of rotatable bonds is 5. The molecule has 0 aliphatic rings. The van der Waals surface area contributed by atoms with E-state index in [0.29, 0.717) is 5.69 Å². The van der Waals surface area contributed by atoms with Crippen molar-refractivity contribution in [1.82, 2.24) is 0 Å². The molecule has 2 N–H and O–H groups in total. The molecule has 0 spiro atoms. The molecule has 0 atom stereocenters. The molecule has 0 heterocycles. The second-order valence-electron chi connectivity index (χ2n) is 3.22. The van der Waals surface area contributed by atoms with E-state index in [1.54, 1.807) is 12.1 Å². The summed E-state index contributed by atoms with van der Waals surface area (Å²) in [4.78, 5) is 11.3. The number of carbonyl (C=O) groups excluding carboxylic acids is 1. The van der Waals surface area contributed by atoms with Crippen molar-refractivity contribution in [2.24, 2.45) is 9.63 Å². The molecule has 96 valence electrons. The SMILES string of the molecule is C=CCC(=O)Nc1cccc(/N=N\S(=O)(=O)O)c1. The molecule has 18 heavy (non-hydrogen) atoms. The molecular weight excluding hydrogens is 258 g/mol. The van der Waals surface area contributed by atoms with E-state index >= 15 is 0 Å². The fourth-order valence-electron chi connectivity index (χ4n) is 1.09. The first-order chi connectivity index (χ1) is 8.40. The Morgan fingerprint density at radius 1 is 1.50 bits per heavy atom. The third kappa shape index (κ3) is 5.32. The predicted molar refractivity (Wildman–Crippen MR) is 66.0 cm³/mol. The fourth-order valence-corrected chi connectivity index (χ4v) is 1.29. The van der Waals surface area contributed by atoms with Crippen LogP contribution in [0.2, 0.25) is 0 Å². The Labute approximate surface area is 104 Å². The average Bonchev–Trinajstić information content (AvgIpc) is 2.26. The van der Waals surface area contributed by atoms with Crippen LogP contribution in [0.5, 0.6) is 0 Å². The quantitative estimate of drug-likeness (QED) is 0.484. The zero-order chi connectivity index (χ0) is 13.6. The van der Waals surface area contributed by atoms with Gasteiger partial charge in [-0.1, -0.05) is 12.1 Å². The Kier molecular flexibility index (Phi) is 4.69. The van der Waals surface area contributed by atoms with Crippen molar-refractivity contribution < 1.29 is 17.8 Å². The molecule has 0 saturated carbocycles. The Hall–Kier alpha value is -2.06. The second-order valence-corrected chi connectivity index (χ2v) is 4.28. The van der Waals surface area contributed by atoms with Crippen LogP contribution in [0.25, 0.3) is 0 Å². The van der Waals surface area contributed by atoms with Crippen LogP contribution in [0.15, 0.2) is 46.6 Å². The zero-order valence-corrected chi connectivity index (χ0v) is 10.1. The average molecular weight is 269 g/mol. The van der Waals surface area contributed by atoms with Crippen molar-refractivity contribution in [1.29, 1.82) is 0 Å². The van der Waals surface area contributed by atoms with Crippen LogP contribution in [0.1, 0.15) is 6.42 Å². The number of hydrogen-bond acceptors (Lipinski definition) is 4. The minimum atomic E-state index is -4.51. The number of benzene rings is 1.